The fourth-order valence-electron chi connectivity index (χ4n) is 1.99. The van der Waals surface area contributed by atoms with Crippen LogP contribution in [-0.2, 0) is 4.79 Å². The molecule has 26 heavy (non-hydrogen) atoms. The molecule has 0 fully saturated rings. The number of amides is 1. The maximum atomic E-state index is 12.9. The Labute approximate surface area is 170 Å². The number of halogens is 2. The van der Waals surface area contributed by atoms with E-state index in [2.05, 4.69) is 31.2 Å². The van der Waals surface area contributed by atoms with E-state index in [4.69, 9.17) is 11.6 Å². The van der Waals surface area contributed by atoms with Crippen LogP contribution in [0, 0.1) is 5.41 Å². The molecule has 1 aromatic carbocycles. The Morgan fingerprint density at radius 3 is 2.58 bits per heavy atom. The molecule has 1 aromatic heterocycles. The highest BCUT2D eigenvalue weighted by Crippen LogP contribution is 2.33. The second-order valence-electron chi connectivity index (χ2n) is 6.57. The molecule has 2 aromatic rings. The Morgan fingerprint density at radius 2 is 1.96 bits per heavy atom. The topological polar surface area (TPSA) is 72.0 Å². The van der Waals surface area contributed by atoms with E-state index in [-0.39, 0.29) is 16.7 Å². The molecule has 8 heteroatoms. The minimum absolute atomic E-state index is 0.181. The number of nitrogens with one attached hydrogen (secondary N) is 1. The van der Waals surface area contributed by atoms with Crippen molar-refractivity contribution in [3.8, 4) is 0 Å². The van der Waals surface area contributed by atoms with Crippen LogP contribution < -0.4 is 5.32 Å². The highest BCUT2D eigenvalue weighted by atomic mass is 79.9. The van der Waals surface area contributed by atoms with Gasteiger partial charge in [-0.3, -0.25) is 9.59 Å². The number of hydrogen-bond acceptors (Lipinski definition) is 5. The van der Waals surface area contributed by atoms with Crippen LogP contribution in [0.25, 0.3) is 0 Å². The molecule has 1 unspecified atom stereocenters. The molecule has 0 aliphatic carbocycles. The van der Waals surface area contributed by atoms with E-state index >= 15 is 0 Å². The summed E-state index contributed by atoms with van der Waals surface area (Å²) in [7, 11) is 0. The molecule has 2 rings (SSSR count). The Balaban J connectivity index is 2.31. The molecule has 0 aliphatic heterocycles. The summed E-state index contributed by atoms with van der Waals surface area (Å²) in [6.45, 7) is 5.41. The van der Waals surface area contributed by atoms with Crippen LogP contribution in [0.4, 0.5) is 5.69 Å². The first-order valence-corrected chi connectivity index (χ1v) is 10.3. The minimum atomic E-state index is -0.664. The Kier molecular flexibility index (Phi) is 6.82. The summed E-state index contributed by atoms with van der Waals surface area (Å²) in [5.74, 6) is -0.424. The number of alkyl halides is 1. The van der Waals surface area contributed by atoms with E-state index < -0.39 is 10.2 Å². The Bertz CT molecular complexity index is 839. The summed E-state index contributed by atoms with van der Waals surface area (Å²) >= 11 is 11.2. The summed E-state index contributed by atoms with van der Waals surface area (Å²) in [4.78, 5) is 32.9. The third-order valence-corrected chi connectivity index (χ3v) is 5.37. The number of aromatic nitrogens is 2. The molecule has 1 atom stereocenters. The van der Waals surface area contributed by atoms with Crippen molar-refractivity contribution in [2.24, 2.45) is 5.41 Å². The summed E-state index contributed by atoms with van der Waals surface area (Å²) in [6.07, 6.45) is 3.47. The number of anilines is 1. The van der Waals surface area contributed by atoms with Crippen molar-refractivity contribution >= 4 is 56.7 Å². The van der Waals surface area contributed by atoms with Crippen molar-refractivity contribution in [2.45, 2.75) is 30.8 Å². The highest BCUT2D eigenvalue weighted by molar-refractivity contribution is 9.09. The minimum Gasteiger partial charge on any atom is -0.324 e. The zero-order valence-electron chi connectivity index (χ0n) is 14.8. The molecule has 0 saturated heterocycles. The van der Waals surface area contributed by atoms with Crippen LogP contribution in [0.1, 0.15) is 41.7 Å². The lowest BCUT2D eigenvalue weighted by molar-refractivity contribution is -0.123. The lowest BCUT2D eigenvalue weighted by atomic mass is 9.95. The quantitative estimate of drug-likeness (QED) is 0.291. The van der Waals surface area contributed by atoms with Gasteiger partial charge in [-0.15, -0.1) is 0 Å². The van der Waals surface area contributed by atoms with Gasteiger partial charge in [0.05, 0.1) is 16.4 Å². The first-order chi connectivity index (χ1) is 12.1. The number of hydrogen-bond donors (Lipinski definition) is 1. The first kappa shape index (κ1) is 20.9. The zero-order valence-corrected chi connectivity index (χ0v) is 18.0. The van der Waals surface area contributed by atoms with Gasteiger partial charge in [-0.1, -0.05) is 66.1 Å². The van der Waals surface area contributed by atoms with Gasteiger partial charge in [-0.2, -0.15) is 0 Å². The largest absolute Gasteiger partial charge is 0.324 e. The first-order valence-electron chi connectivity index (χ1n) is 7.80. The van der Waals surface area contributed by atoms with Crippen LogP contribution >= 0.6 is 39.3 Å². The molecule has 0 saturated carbocycles. The second kappa shape index (κ2) is 8.50. The van der Waals surface area contributed by atoms with Gasteiger partial charge in [0.15, 0.2) is 10.9 Å². The van der Waals surface area contributed by atoms with Gasteiger partial charge in [0.2, 0.25) is 5.91 Å². The predicted octanol–water partition coefficient (Wildman–Crippen LogP) is 5.16. The van der Waals surface area contributed by atoms with Crippen molar-refractivity contribution < 1.29 is 9.59 Å². The fourth-order valence-corrected chi connectivity index (χ4v) is 3.12. The monoisotopic (exact) mass is 455 g/mol. The van der Waals surface area contributed by atoms with Crippen LogP contribution in [0.3, 0.4) is 0 Å². The molecule has 1 heterocycles. The Hall–Kier alpha value is -1.44. The van der Waals surface area contributed by atoms with Crippen LogP contribution in [0.15, 0.2) is 35.6 Å². The summed E-state index contributed by atoms with van der Waals surface area (Å²) in [5, 5.41) is 3.56. The molecule has 1 N–H and O–H groups in total. The number of carbonyl (C=O) groups is 2. The molecular weight excluding hydrogens is 438 g/mol. The number of nitrogens with zero attached hydrogens (tertiary/aromatic N) is 2. The van der Waals surface area contributed by atoms with E-state index in [9.17, 15) is 9.59 Å². The van der Waals surface area contributed by atoms with E-state index in [0.717, 1.165) is 0 Å². The van der Waals surface area contributed by atoms with E-state index in [1.807, 2.05) is 6.26 Å². The standard InChI is InChI=1S/C18H19BrClN3O2S/c1-18(2,3)16(25)22-12-7-5-6-10(14(12)20)15(24)13(19)11-8-9-21-17(23-11)26-4/h5-9,13H,1-4H3,(H,22,25). The third kappa shape index (κ3) is 4.84. The molecule has 5 nitrogen and oxygen atoms in total. The number of thioether (sulfide) groups is 1. The van der Waals surface area contributed by atoms with Gasteiger partial charge in [0.1, 0.15) is 4.83 Å². The van der Waals surface area contributed by atoms with Crippen molar-refractivity contribution in [1.82, 2.24) is 9.97 Å². The maximum absolute atomic E-state index is 12.9. The van der Waals surface area contributed by atoms with Gasteiger partial charge < -0.3 is 5.32 Å². The molecule has 0 radical (unpaired) electrons. The molecule has 1 amide bonds. The smallest absolute Gasteiger partial charge is 0.229 e. The van der Waals surface area contributed by atoms with Gasteiger partial charge >= 0.3 is 0 Å². The van der Waals surface area contributed by atoms with Gasteiger partial charge in [-0.25, -0.2) is 9.97 Å². The average Bonchev–Trinajstić information content (AvgIpc) is 2.61. The summed E-state index contributed by atoms with van der Waals surface area (Å²) in [6, 6.07) is 6.66. The van der Waals surface area contributed by atoms with E-state index in [1.54, 1.807) is 51.2 Å². The number of ketones is 1. The number of benzene rings is 1. The van der Waals surface area contributed by atoms with Gasteiger partial charge in [0, 0.05) is 17.2 Å². The van der Waals surface area contributed by atoms with E-state index in [1.165, 1.54) is 11.8 Å². The number of rotatable bonds is 5. The highest BCUT2D eigenvalue weighted by Gasteiger charge is 2.26. The summed E-state index contributed by atoms with van der Waals surface area (Å²) < 4.78 is 0. The average molecular weight is 457 g/mol. The normalized spacial score (nSPS) is 12.5. The lowest BCUT2D eigenvalue weighted by Gasteiger charge is -2.19. The number of Topliss-reactive ketones (excluding diaryl/α,β-unsaturated/α-hetero) is 1. The molecule has 138 valence electrons. The van der Waals surface area contributed by atoms with E-state index in [0.29, 0.717) is 22.1 Å². The van der Waals surface area contributed by atoms with Crippen molar-refractivity contribution in [3.63, 3.8) is 0 Å². The van der Waals surface area contributed by atoms with Crippen molar-refractivity contribution in [2.75, 3.05) is 11.6 Å². The number of carbonyl (C=O) groups excluding carboxylic acids is 2. The fraction of sp³-hybridized carbons (Fsp3) is 0.333. The molecule has 0 spiro atoms. The molecular formula is C18H19BrClN3O2S. The van der Waals surface area contributed by atoms with Crippen molar-refractivity contribution in [1.29, 1.82) is 0 Å². The Morgan fingerprint density at radius 1 is 1.27 bits per heavy atom. The molecule has 0 aliphatic rings. The lowest BCUT2D eigenvalue weighted by Crippen LogP contribution is -2.27. The van der Waals surface area contributed by atoms with Crippen molar-refractivity contribution in [3.05, 3.63) is 46.7 Å². The third-order valence-electron chi connectivity index (χ3n) is 3.52. The zero-order chi connectivity index (χ0) is 19.5. The van der Waals surface area contributed by atoms with Crippen LogP contribution in [0.5, 0.6) is 0 Å². The second-order valence-corrected chi connectivity index (χ2v) is 8.63. The predicted molar refractivity (Wildman–Crippen MR) is 109 cm³/mol. The summed E-state index contributed by atoms with van der Waals surface area (Å²) in [5.41, 5.74) is 0.694. The molecule has 0 bridgehead atoms. The van der Waals surface area contributed by atoms with Crippen LogP contribution in [0.2, 0.25) is 5.02 Å². The van der Waals surface area contributed by atoms with Gasteiger partial charge in [-0.05, 0) is 24.5 Å². The van der Waals surface area contributed by atoms with Gasteiger partial charge in [0.25, 0.3) is 0 Å². The SMILES string of the molecule is CSc1nccc(C(Br)C(=O)c2cccc(NC(=O)C(C)(C)C)c2Cl)n1. The maximum Gasteiger partial charge on any atom is 0.229 e. The van der Waals surface area contributed by atoms with Crippen LogP contribution in [-0.4, -0.2) is 27.9 Å².